The fourth-order valence-electron chi connectivity index (χ4n) is 1.55. The summed E-state index contributed by atoms with van der Waals surface area (Å²) in [5, 5.41) is 6.87. The topological polar surface area (TPSA) is 45.8 Å². The zero-order valence-electron chi connectivity index (χ0n) is 9.66. The number of aromatic amines is 1. The second kappa shape index (κ2) is 3.93. The number of nitrogens with zero attached hydrogens (tertiary/aromatic N) is 1. The van der Waals surface area contributed by atoms with Crippen LogP contribution in [0.15, 0.2) is 24.3 Å². The maximum atomic E-state index is 11.1. The molecule has 0 aliphatic heterocycles. The zero-order chi connectivity index (χ0) is 11.7. The summed E-state index contributed by atoms with van der Waals surface area (Å²) in [6, 6.07) is 7.94. The van der Waals surface area contributed by atoms with Crippen LogP contribution in [0.1, 0.15) is 28.5 Å². The Bertz CT molecular complexity index is 541. The van der Waals surface area contributed by atoms with Crippen LogP contribution in [-0.4, -0.2) is 16.0 Å². The summed E-state index contributed by atoms with van der Waals surface area (Å²) in [4.78, 5) is 11.1. The zero-order valence-corrected chi connectivity index (χ0v) is 9.66. The van der Waals surface area contributed by atoms with Crippen LogP contribution in [0.5, 0.6) is 0 Å². The molecule has 0 aliphatic carbocycles. The van der Waals surface area contributed by atoms with Crippen LogP contribution in [0.25, 0.3) is 11.3 Å². The summed E-state index contributed by atoms with van der Waals surface area (Å²) < 4.78 is 0. The minimum Gasteiger partial charge on any atom is -0.293 e. The molecule has 1 heterocycles. The van der Waals surface area contributed by atoms with Crippen molar-refractivity contribution in [2.75, 3.05) is 0 Å². The molecule has 0 radical (unpaired) electrons. The van der Waals surface area contributed by atoms with Gasteiger partial charge in [-0.2, -0.15) is 5.10 Å². The molecule has 0 spiro atoms. The molecule has 1 N–H and O–H groups in total. The monoisotopic (exact) mass is 214 g/mol. The third-order valence-corrected chi connectivity index (χ3v) is 2.76. The highest BCUT2D eigenvalue weighted by molar-refractivity contribution is 5.93. The van der Waals surface area contributed by atoms with E-state index in [1.807, 2.05) is 6.07 Å². The van der Waals surface area contributed by atoms with Gasteiger partial charge in [0, 0.05) is 12.5 Å². The average molecular weight is 214 g/mol. The molecule has 3 nitrogen and oxygen atoms in total. The highest BCUT2D eigenvalue weighted by Gasteiger charge is 2.07. The average Bonchev–Trinajstić information content (AvgIpc) is 2.71. The van der Waals surface area contributed by atoms with E-state index in [4.69, 9.17) is 0 Å². The van der Waals surface area contributed by atoms with E-state index >= 15 is 0 Å². The van der Waals surface area contributed by atoms with Crippen molar-refractivity contribution in [3.63, 3.8) is 0 Å². The maximum Gasteiger partial charge on any atom is 0.177 e. The molecule has 16 heavy (non-hydrogen) atoms. The Morgan fingerprint density at radius 2 is 1.94 bits per heavy atom. The molecule has 0 bridgehead atoms. The number of benzene rings is 1. The van der Waals surface area contributed by atoms with E-state index in [9.17, 15) is 4.79 Å². The van der Waals surface area contributed by atoms with Gasteiger partial charge in [-0.3, -0.25) is 9.89 Å². The largest absolute Gasteiger partial charge is 0.293 e. The highest BCUT2D eigenvalue weighted by atomic mass is 16.1. The number of carbonyl (C=O) groups excluding carboxylic acids is 1. The molecule has 1 aromatic heterocycles. The van der Waals surface area contributed by atoms with Crippen molar-refractivity contribution in [2.45, 2.75) is 20.8 Å². The quantitative estimate of drug-likeness (QED) is 0.781. The molecule has 0 aliphatic rings. The summed E-state index contributed by atoms with van der Waals surface area (Å²) in [5.41, 5.74) is 4.88. The van der Waals surface area contributed by atoms with Crippen molar-refractivity contribution in [3.05, 3.63) is 41.1 Å². The van der Waals surface area contributed by atoms with Crippen molar-refractivity contribution in [3.8, 4) is 11.3 Å². The predicted molar refractivity (Wildman–Crippen MR) is 63.5 cm³/mol. The number of aromatic nitrogens is 2. The normalized spacial score (nSPS) is 10.4. The molecule has 1 aromatic carbocycles. The van der Waals surface area contributed by atoms with Gasteiger partial charge >= 0.3 is 0 Å². The van der Waals surface area contributed by atoms with Crippen molar-refractivity contribution >= 4 is 5.78 Å². The minimum atomic E-state index is 0.00239. The lowest BCUT2D eigenvalue weighted by Crippen LogP contribution is -1.90. The molecule has 82 valence electrons. The second-order valence-corrected chi connectivity index (χ2v) is 4.02. The molecular formula is C13H14N2O. The predicted octanol–water partition coefficient (Wildman–Crippen LogP) is 2.90. The Morgan fingerprint density at radius 1 is 1.19 bits per heavy atom. The van der Waals surface area contributed by atoms with Crippen molar-refractivity contribution < 1.29 is 4.79 Å². The van der Waals surface area contributed by atoms with Gasteiger partial charge in [0.2, 0.25) is 0 Å². The van der Waals surface area contributed by atoms with Gasteiger partial charge in [-0.05, 0) is 37.1 Å². The van der Waals surface area contributed by atoms with E-state index in [0.717, 1.165) is 11.3 Å². The molecule has 0 unspecified atom stereocenters. The van der Waals surface area contributed by atoms with Crippen LogP contribution >= 0.6 is 0 Å². The lowest BCUT2D eigenvalue weighted by atomic mass is 10.0. The first-order chi connectivity index (χ1) is 7.58. The molecule has 2 aromatic rings. The van der Waals surface area contributed by atoms with E-state index < -0.39 is 0 Å². The number of H-pyrrole nitrogens is 1. The number of rotatable bonds is 2. The number of nitrogens with one attached hydrogen (secondary N) is 1. The van der Waals surface area contributed by atoms with Crippen molar-refractivity contribution in [1.82, 2.24) is 10.2 Å². The molecule has 0 fully saturated rings. The standard InChI is InChI=1S/C13H14N2O/c1-8-4-5-11(6-9(8)2)13-7-12(10(3)16)14-15-13/h4-7H,1-3H3,(H,14,15). The van der Waals surface area contributed by atoms with Crippen molar-refractivity contribution in [1.29, 1.82) is 0 Å². The van der Waals surface area contributed by atoms with Gasteiger partial charge in [-0.1, -0.05) is 12.1 Å². The summed E-state index contributed by atoms with van der Waals surface area (Å²) in [6.45, 7) is 5.67. The number of ketones is 1. The molecule has 3 heteroatoms. The Hall–Kier alpha value is -1.90. The number of Topliss-reactive ketones (excluding diaryl/α,β-unsaturated/α-hetero) is 1. The van der Waals surface area contributed by atoms with Gasteiger partial charge in [0.05, 0.1) is 5.69 Å². The van der Waals surface area contributed by atoms with Crippen molar-refractivity contribution in [2.24, 2.45) is 0 Å². The Balaban J connectivity index is 2.42. The maximum absolute atomic E-state index is 11.1. The first-order valence-electron chi connectivity index (χ1n) is 5.22. The van der Waals surface area contributed by atoms with Gasteiger partial charge in [0.25, 0.3) is 0 Å². The lowest BCUT2D eigenvalue weighted by Gasteiger charge is -2.01. The number of aryl methyl sites for hydroxylation is 2. The van der Waals surface area contributed by atoms with Crippen LogP contribution in [0, 0.1) is 13.8 Å². The fraction of sp³-hybridized carbons (Fsp3) is 0.231. The Labute approximate surface area is 94.5 Å². The Morgan fingerprint density at radius 3 is 2.50 bits per heavy atom. The molecule has 0 atom stereocenters. The minimum absolute atomic E-state index is 0.00239. The van der Waals surface area contributed by atoms with Crippen LogP contribution in [0.3, 0.4) is 0 Å². The summed E-state index contributed by atoms with van der Waals surface area (Å²) in [7, 11) is 0. The van der Waals surface area contributed by atoms with Crippen LogP contribution in [0.2, 0.25) is 0 Å². The molecule has 0 saturated carbocycles. The van der Waals surface area contributed by atoms with E-state index in [0.29, 0.717) is 5.69 Å². The molecule has 2 rings (SSSR count). The first kappa shape index (κ1) is 10.6. The molecular weight excluding hydrogens is 200 g/mol. The third kappa shape index (κ3) is 1.89. The van der Waals surface area contributed by atoms with Gasteiger partial charge in [0.1, 0.15) is 5.69 Å². The Kier molecular flexibility index (Phi) is 2.60. The van der Waals surface area contributed by atoms with E-state index in [1.54, 1.807) is 6.07 Å². The second-order valence-electron chi connectivity index (χ2n) is 4.02. The first-order valence-corrected chi connectivity index (χ1v) is 5.22. The fourth-order valence-corrected chi connectivity index (χ4v) is 1.55. The third-order valence-electron chi connectivity index (χ3n) is 2.76. The van der Waals surface area contributed by atoms with Crippen LogP contribution < -0.4 is 0 Å². The SMILES string of the molecule is CC(=O)c1cc(-c2ccc(C)c(C)c2)n[nH]1. The van der Waals surface area contributed by atoms with Gasteiger partial charge in [-0.25, -0.2) is 0 Å². The summed E-state index contributed by atoms with van der Waals surface area (Å²) >= 11 is 0. The molecule has 0 saturated heterocycles. The summed E-state index contributed by atoms with van der Waals surface area (Å²) in [6.07, 6.45) is 0. The number of hydrogen-bond donors (Lipinski definition) is 1. The number of hydrogen-bond acceptors (Lipinski definition) is 2. The van der Waals surface area contributed by atoms with Gasteiger partial charge < -0.3 is 0 Å². The van der Waals surface area contributed by atoms with Gasteiger partial charge in [0.15, 0.2) is 5.78 Å². The van der Waals surface area contributed by atoms with E-state index in [1.165, 1.54) is 18.1 Å². The summed E-state index contributed by atoms with van der Waals surface area (Å²) in [5.74, 6) is 0.00239. The van der Waals surface area contributed by atoms with E-state index in [-0.39, 0.29) is 5.78 Å². The smallest absolute Gasteiger partial charge is 0.177 e. The van der Waals surface area contributed by atoms with E-state index in [2.05, 4.69) is 36.2 Å². The van der Waals surface area contributed by atoms with Crippen LogP contribution in [-0.2, 0) is 0 Å². The molecule has 0 amide bonds. The highest BCUT2D eigenvalue weighted by Crippen LogP contribution is 2.20. The lowest BCUT2D eigenvalue weighted by molar-refractivity contribution is 0.101. The van der Waals surface area contributed by atoms with Crippen LogP contribution in [0.4, 0.5) is 0 Å². The number of carbonyl (C=O) groups is 1. The van der Waals surface area contributed by atoms with Gasteiger partial charge in [-0.15, -0.1) is 0 Å².